The van der Waals surface area contributed by atoms with E-state index in [1.807, 2.05) is 18.2 Å². The smallest absolute Gasteiger partial charge is 0.337 e. The predicted molar refractivity (Wildman–Crippen MR) is 181 cm³/mol. The molecule has 2 heterocycles. The standard InChI is InChI=1S/C35H34N4O6S2/c1-23(2)25-14-16-28(17-15-25)39-33(41)31(20-24-10-12-26(13-11-24)35(42)45-3)46-34(39)30(22-36)32(40)37-27-8-7-9-29(21-27)47(43,44)38-18-5-4-6-19-38/h7-17,20-21,23H,4-6,18-19H2,1-3H3,(H,37,40). The van der Waals surface area contributed by atoms with Crippen molar-refractivity contribution in [2.75, 3.05) is 25.5 Å². The zero-order chi connectivity index (χ0) is 33.7. The van der Waals surface area contributed by atoms with Crippen LogP contribution >= 0.6 is 11.3 Å². The number of benzene rings is 3. The van der Waals surface area contributed by atoms with Crippen LogP contribution in [0.2, 0.25) is 0 Å². The second-order valence-electron chi connectivity index (χ2n) is 11.3. The van der Waals surface area contributed by atoms with E-state index in [-0.39, 0.29) is 31.3 Å². The minimum atomic E-state index is -3.75. The lowest BCUT2D eigenvalue weighted by Crippen LogP contribution is -2.35. The van der Waals surface area contributed by atoms with Gasteiger partial charge in [-0.2, -0.15) is 9.57 Å². The zero-order valence-electron chi connectivity index (χ0n) is 26.2. The van der Waals surface area contributed by atoms with Crippen LogP contribution in [-0.2, 0) is 19.6 Å². The van der Waals surface area contributed by atoms with Gasteiger partial charge in [-0.25, -0.2) is 13.2 Å². The maximum absolute atomic E-state index is 13.9. The first-order chi connectivity index (χ1) is 22.5. The number of amides is 1. The Kier molecular flexibility index (Phi) is 10.2. The van der Waals surface area contributed by atoms with Crippen LogP contribution in [0.5, 0.6) is 0 Å². The van der Waals surface area contributed by atoms with Crippen LogP contribution in [-0.4, -0.2) is 49.4 Å². The van der Waals surface area contributed by atoms with Gasteiger partial charge in [0.15, 0.2) is 5.57 Å². The lowest BCUT2D eigenvalue weighted by molar-refractivity contribution is -0.111. The SMILES string of the molecule is COC(=O)c1ccc(C=c2sc(=C(C#N)C(=O)Nc3cccc(S(=O)(=O)N4CCCCC4)c3)n(-c3ccc(C(C)C)cc3)c2=O)cc1. The average Bonchev–Trinajstić information content (AvgIpc) is 3.40. The van der Waals surface area contributed by atoms with Crippen molar-refractivity contribution < 1.29 is 22.7 Å². The number of rotatable bonds is 8. The molecule has 1 N–H and O–H groups in total. The van der Waals surface area contributed by atoms with Gasteiger partial charge in [0.25, 0.3) is 11.5 Å². The lowest BCUT2D eigenvalue weighted by Gasteiger charge is -2.26. The highest BCUT2D eigenvalue weighted by Crippen LogP contribution is 2.23. The predicted octanol–water partition coefficient (Wildman–Crippen LogP) is 4.13. The van der Waals surface area contributed by atoms with Crippen LogP contribution in [0.1, 0.15) is 60.5 Å². The van der Waals surface area contributed by atoms with Gasteiger partial charge in [0, 0.05) is 18.8 Å². The van der Waals surface area contributed by atoms with Crippen molar-refractivity contribution in [2.24, 2.45) is 0 Å². The second kappa shape index (κ2) is 14.3. The third kappa shape index (κ3) is 7.28. The van der Waals surface area contributed by atoms with Crippen molar-refractivity contribution in [3.8, 4) is 11.8 Å². The number of aromatic nitrogens is 1. The Morgan fingerprint density at radius 2 is 1.68 bits per heavy atom. The molecule has 4 aromatic rings. The van der Waals surface area contributed by atoms with Crippen molar-refractivity contribution >= 4 is 50.6 Å². The summed E-state index contributed by atoms with van der Waals surface area (Å²) in [4.78, 5) is 39.4. The van der Waals surface area contributed by atoms with E-state index in [1.165, 1.54) is 34.2 Å². The number of nitrogens with one attached hydrogen (secondary N) is 1. The second-order valence-corrected chi connectivity index (χ2v) is 14.3. The highest BCUT2D eigenvalue weighted by atomic mass is 32.2. The summed E-state index contributed by atoms with van der Waals surface area (Å²) in [6, 6.07) is 21.7. The summed E-state index contributed by atoms with van der Waals surface area (Å²) in [6.45, 7) is 4.98. The molecule has 12 heteroatoms. The van der Waals surface area contributed by atoms with E-state index in [0.29, 0.717) is 29.9 Å². The molecule has 242 valence electrons. The summed E-state index contributed by atoms with van der Waals surface area (Å²) in [6.07, 6.45) is 4.18. The summed E-state index contributed by atoms with van der Waals surface area (Å²) in [5.74, 6) is -1.03. The molecule has 0 spiro atoms. The van der Waals surface area contributed by atoms with Crippen molar-refractivity contribution in [2.45, 2.75) is 43.9 Å². The maximum Gasteiger partial charge on any atom is 0.337 e. The van der Waals surface area contributed by atoms with E-state index in [4.69, 9.17) is 4.74 Å². The van der Waals surface area contributed by atoms with Gasteiger partial charge in [0.1, 0.15) is 10.7 Å². The van der Waals surface area contributed by atoms with Crippen LogP contribution in [0.4, 0.5) is 5.69 Å². The quantitative estimate of drug-likeness (QED) is 0.278. The molecule has 0 bridgehead atoms. The Balaban J connectivity index is 1.60. The van der Waals surface area contributed by atoms with Gasteiger partial charge in [0.2, 0.25) is 10.0 Å². The summed E-state index contributed by atoms with van der Waals surface area (Å²) < 4.78 is 34.4. The normalized spacial score (nSPS) is 14.8. The highest BCUT2D eigenvalue weighted by molar-refractivity contribution is 7.89. The number of methoxy groups -OCH3 is 1. The molecule has 1 aromatic heterocycles. The van der Waals surface area contributed by atoms with Gasteiger partial charge in [-0.15, -0.1) is 11.3 Å². The fraction of sp³-hybridized carbons (Fsp3) is 0.257. The van der Waals surface area contributed by atoms with E-state index >= 15 is 0 Å². The average molecular weight is 671 g/mol. The first-order valence-corrected chi connectivity index (χ1v) is 17.4. The van der Waals surface area contributed by atoms with Crippen molar-refractivity contribution in [3.05, 3.63) is 109 Å². The highest BCUT2D eigenvalue weighted by Gasteiger charge is 2.26. The molecular formula is C35H34N4O6S2. The van der Waals surface area contributed by atoms with E-state index in [1.54, 1.807) is 48.5 Å². The summed E-state index contributed by atoms with van der Waals surface area (Å²) >= 11 is 0.979. The van der Waals surface area contributed by atoms with E-state index in [0.717, 1.165) is 36.2 Å². The van der Waals surface area contributed by atoms with E-state index in [2.05, 4.69) is 19.2 Å². The number of piperidine rings is 1. The number of ether oxygens (including phenoxy) is 1. The number of esters is 1. The van der Waals surface area contributed by atoms with Gasteiger partial charge >= 0.3 is 5.97 Å². The number of anilines is 1. The Morgan fingerprint density at radius 3 is 2.30 bits per heavy atom. The Labute approximate surface area is 276 Å². The third-order valence-corrected chi connectivity index (χ3v) is 10.9. The zero-order valence-corrected chi connectivity index (χ0v) is 27.9. The topological polar surface area (TPSA) is 139 Å². The van der Waals surface area contributed by atoms with Gasteiger partial charge in [-0.3, -0.25) is 14.2 Å². The molecule has 1 aliphatic heterocycles. The molecule has 0 atom stereocenters. The monoisotopic (exact) mass is 670 g/mol. The van der Waals surface area contributed by atoms with Crippen LogP contribution in [0.25, 0.3) is 17.3 Å². The molecule has 47 heavy (non-hydrogen) atoms. The van der Waals surface area contributed by atoms with E-state index < -0.39 is 27.5 Å². The van der Waals surface area contributed by atoms with Crippen molar-refractivity contribution in [3.63, 3.8) is 0 Å². The minimum absolute atomic E-state index is 0.0455. The molecule has 1 amide bonds. The van der Waals surface area contributed by atoms with E-state index in [9.17, 15) is 28.1 Å². The van der Waals surface area contributed by atoms with Crippen LogP contribution in [0.3, 0.4) is 0 Å². The number of hydrogen-bond acceptors (Lipinski definition) is 8. The molecule has 0 radical (unpaired) electrons. The largest absolute Gasteiger partial charge is 0.465 e. The van der Waals surface area contributed by atoms with Gasteiger partial charge in [-0.1, -0.05) is 50.6 Å². The van der Waals surface area contributed by atoms with Gasteiger partial charge in [-0.05, 0) is 78.4 Å². The molecule has 1 fully saturated rings. The Hall–Kier alpha value is -4.83. The van der Waals surface area contributed by atoms with Crippen LogP contribution in [0.15, 0.2) is 82.5 Å². The van der Waals surface area contributed by atoms with Crippen molar-refractivity contribution in [1.29, 1.82) is 5.26 Å². The fourth-order valence-corrected chi connectivity index (χ4v) is 7.92. The molecule has 3 aromatic carbocycles. The molecule has 1 aliphatic rings. The lowest BCUT2D eigenvalue weighted by atomic mass is 10.0. The number of sulfonamides is 1. The third-order valence-electron chi connectivity index (χ3n) is 7.87. The maximum atomic E-state index is 13.9. The first-order valence-electron chi connectivity index (χ1n) is 15.1. The number of nitrogens with zero attached hydrogens (tertiary/aromatic N) is 3. The summed E-state index contributed by atoms with van der Waals surface area (Å²) in [7, 11) is -2.46. The fourth-order valence-electron chi connectivity index (χ4n) is 5.26. The molecule has 10 nitrogen and oxygen atoms in total. The van der Waals surface area contributed by atoms with Crippen molar-refractivity contribution in [1.82, 2.24) is 8.87 Å². The number of thiazole rings is 1. The number of nitriles is 1. The van der Waals surface area contributed by atoms with Crippen LogP contribution in [0, 0.1) is 11.3 Å². The van der Waals surface area contributed by atoms with Gasteiger partial charge in [0.05, 0.1) is 27.8 Å². The summed E-state index contributed by atoms with van der Waals surface area (Å²) in [5.41, 5.74) is 1.95. The molecule has 0 saturated carbocycles. The molecule has 0 aliphatic carbocycles. The first kappa shape index (κ1) is 33.5. The number of carbonyl (C=O) groups is 2. The van der Waals surface area contributed by atoms with Crippen LogP contribution < -0.4 is 20.1 Å². The molecular weight excluding hydrogens is 637 g/mol. The van der Waals surface area contributed by atoms with Gasteiger partial charge < -0.3 is 10.1 Å². The Morgan fingerprint density at radius 1 is 1.00 bits per heavy atom. The number of carbonyl (C=O) groups excluding carboxylic acids is 2. The molecule has 1 saturated heterocycles. The summed E-state index contributed by atoms with van der Waals surface area (Å²) in [5, 5.41) is 12.9. The molecule has 0 unspecified atom stereocenters. The molecule has 5 rings (SSSR count). The Bertz CT molecular complexity index is 2140. The number of hydrogen-bond donors (Lipinski definition) is 1. The minimum Gasteiger partial charge on any atom is -0.465 e.